The van der Waals surface area contributed by atoms with Gasteiger partial charge in [-0.2, -0.15) is 5.10 Å². The van der Waals surface area contributed by atoms with E-state index in [4.69, 9.17) is 4.74 Å². The number of carbonyl (C=O) groups is 1. The number of anilines is 2. The van der Waals surface area contributed by atoms with Crippen LogP contribution in [0.4, 0.5) is 29.7 Å². The summed E-state index contributed by atoms with van der Waals surface area (Å²) < 4.78 is 48.7. The third-order valence-electron chi connectivity index (χ3n) is 8.13. The molecule has 13 heteroatoms. The molecule has 8 rings (SSSR count). The number of nitrogens with zero attached hydrogens (tertiary/aromatic N) is 5. The molecule has 37 heavy (non-hydrogen) atoms. The third-order valence-corrected chi connectivity index (χ3v) is 8.13. The van der Waals surface area contributed by atoms with Crippen LogP contribution >= 0.6 is 0 Å². The lowest BCUT2D eigenvalue weighted by Gasteiger charge is -2.61. The van der Waals surface area contributed by atoms with Crippen LogP contribution in [0.15, 0.2) is 24.5 Å². The molecule has 1 amide bonds. The van der Waals surface area contributed by atoms with Gasteiger partial charge >= 0.3 is 6.09 Å². The summed E-state index contributed by atoms with van der Waals surface area (Å²) in [6.45, 7) is -0.213. The Kier molecular flexibility index (Phi) is 4.98. The van der Waals surface area contributed by atoms with Gasteiger partial charge in [0.05, 0.1) is 18.8 Å². The van der Waals surface area contributed by atoms with Gasteiger partial charge in [-0.25, -0.2) is 27.9 Å². The number of halogens is 3. The van der Waals surface area contributed by atoms with Crippen molar-refractivity contribution in [2.75, 3.05) is 18.4 Å². The molecule has 0 radical (unpaired) electrons. The minimum Gasteiger partial charge on any atom is -0.443 e. The van der Waals surface area contributed by atoms with Gasteiger partial charge in [-0.15, -0.1) is 0 Å². The third kappa shape index (κ3) is 4.09. The van der Waals surface area contributed by atoms with E-state index in [0.29, 0.717) is 48.2 Å². The number of H-pyrrole nitrogens is 1. The lowest BCUT2D eigenvalue weighted by atomic mass is 9.50. The Bertz CT molecular complexity index is 1330. The number of carbonyl (C=O) groups excluding carboxylic acids is 1. The standard InChI is InChI=1S/C24H27F3N8O2/c25-20-15(1-2-17(20)37-22(36)31-23-6-13(7-23)8-23)16-5-18(33-32-16)30-21-28-4-3-19-29-14(10-35(19)21)9-34-11-24(26,27)12-34/h3-5,10,13,15,17,20H,1-2,6-9,11-12H2,(H,31,36)(H2,28,30,32,33)/t13?,15-,17-,20-,23?/m0/s1. The van der Waals surface area contributed by atoms with Crippen LogP contribution in [0.5, 0.6) is 0 Å². The molecule has 3 N–H and O–H groups in total. The van der Waals surface area contributed by atoms with E-state index in [-0.39, 0.29) is 18.6 Å². The fourth-order valence-electron chi connectivity index (χ4n) is 6.18. The van der Waals surface area contributed by atoms with Crippen LogP contribution in [0.2, 0.25) is 0 Å². The summed E-state index contributed by atoms with van der Waals surface area (Å²) in [4.78, 5) is 22.7. The molecule has 0 unspecified atom stereocenters. The van der Waals surface area contributed by atoms with Crippen LogP contribution in [0.25, 0.3) is 5.65 Å². The van der Waals surface area contributed by atoms with Crippen molar-refractivity contribution in [1.29, 1.82) is 0 Å². The number of nitrogens with one attached hydrogen (secondary N) is 3. The molecule has 2 bridgehead atoms. The zero-order valence-corrected chi connectivity index (χ0v) is 20.0. The van der Waals surface area contributed by atoms with Crippen molar-refractivity contribution in [3.63, 3.8) is 0 Å². The van der Waals surface area contributed by atoms with E-state index in [2.05, 4.69) is 30.8 Å². The van der Waals surface area contributed by atoms with Gasteiger partial charge in [-0.3, -0.25) is 14.4 Å². The van der Waals surface area contributed by atoms with Gasteiger partial charge in [0.1, 0.15) is 17.9 Å². The number of likely N-dealkylation sites (tertiary alicyclic amines) is 1. The molecule has 5 aliphatic rings. The molecule has 1 aliphatic heterocycles. The Morgan fingerprint density at radius 1 is 1.24 bits per heavy atom. The summed E-state index contributed by atoms with van der Waals surface area (Å²) in [7, 11) is 0. The molecule has 10 nitrogen and oxygen atoms in total. The number of alkyl carbamates (subject to hydrolysis) is 1. The largest absolute Gasteiger partial charge is 0.443 e. The Morgan fingerprint density at radius 2 is 2.05 bits per heavy atom. The molecular formula is C24H27F3N8O2. The number of ether oxygens (including phenoxy) is 1. The van der Waals surface area contributed by atoms with Gasteiger partial charge in [-0.05, 0) is 44.1 Å². The smallest absolute Gasteiger partial charge is 0.407 e. The maximum Gasteiger partial charge on any atom is 0.407 e. The van der Waals surface area contributed by atoms with Gasteiger partial charge < -0.3 is 15.4 Å². The summed E-state index contributed by atoms with van der Waals surface area (Å²) in [5.74, 6) is -1.47. The van der Waals surface area contributed by atoms with Gasteiger partial charge in [0.15, 0.2) is 5.82 Å². The van der Waals surface area contributed by atoms with Crippen LogP contribution in [0, 0.1) is 5.92 Å². The van der Waals surface area contributed by atoms with Crippen LogP contribution in [-0.4, -0.2) is 72.4 Å². The molecule has 3 aromatic rings. The average molecular weight is 517 g/mol. The van der Waals surface area contributed by atoms with E-state index in [1.807, 2.05) is 0 Å². The predicted octanol–water partition coefficient (Wildman–Crippen LogP) is 3.51. The lowest BCUT2D eigenvalue weighted by molar-refractivity contribution is -0.134. The summed E-state index contributed by atoms with van der Waals surface area (Å²) in [5, 5.41) is 13.2. The van der Waals surface area contributed by atoms with Crippen molar-refractivity contribution in [2.24, 2.45) is 5.92 Å². The number of amides is 1. The van der Waals surface area contributed by atoms with Crippen molar-refractivity contribution in [1.82, 2.24) is 34.8 Å². The molecule has 3 atom stereocenters. The second-order valence-corrected chi connectivity index (χ2v) is 11.0. The maximum atomic E-state index is 15.2. The second kappa shape index (κ2) is 8.07. The lowest BCUT2D eigenvalue weighted by Crippen LogP contribution is -2.68. The van der Waals surface area contributed by atoms with Gasteiger partial charge in [0, 0.05) is 42.2 Å². The van der Waals surface area contributed by atoms with E-state index in [9.17, 15) is 13.6 Å². The second-order valence-electron chi connectivity index (χ2n) is 11.0. The summed E-state index contributed by atoms with van der Waals surface area (Å²) in [5.41, 5.74) is 1.78. The predicted molar refractivity (Wildman–Crippen MR) is 125 cm³/mol. The average Bonchev–Trinajstić information content (AvgIpc) is 3.48. The first-order valence-electron chi connectivity index (χ1n) is 12.6. The van der Waals surface area contributed by atoms with E-state index in [0.717, 1.165) is 25.2 Å². The summed E-state index contributed by atoms with van der Waals surface area (Å²) in [6.07, 6.45) is 4.66. The fraction of sp³-hybridized carbons (Fsp3) is 0.583. The Hall–Kier alpha value is -3.35. The highest BCUT2D eigenvalue weighted by molar-refractivity contribution is 5.69. The zero-order valence-electron chi connectivity index (χ0n) is 20.0. The Labute approximate surface area is 210 Å². The molecule has 4 saturated carbocycles. The quantitative estimate of drug-likeness (QED) is 0.441. The number of hydrogen-bond donors (Lipinski definition) is 3. The first kappa shape index (κ1) is 22.8. The molecule has 4 heterocycles. The molecule has 0 spiro atoms. The maximum absolute atomic E-state index is 15.2. The molecule has 3 aromatic heterocycles. The number of rotatable bonds is 7. The van der Waals surface area contributed by atoms with E-state index in [1.165, 1.54) is 0 Å². The number of imidazole rings is 1. The highest BCUT2D eigenvalue weighted by atomic mass is 19.3. The van der Waals surface area contributed by atoms with Crippen molar-refractivity contribution >= 4 is 23.5 Å². The molecular weight excluding hydrogens is 489 g/mol. The number of aromatic amines is 1. The van der Waals surface area contributed by atoms with E-state index >= 15 is 4.39 Å². The van der Waals surface area contributed by atoms with Crippen molar-refractivity contribution in [3.8, 4) is 0 Å². The minimum absolute atomic E-state index is 0.105. The monoisotopic (exact) mass is 516 g/mol. The number of aromatic nitrogens is 5. The zero-order chi connectivity index (χ0) is 25.4. The first-order chi connectivity index (χ1) is 17.7. The topological polar surface area (TPSA) is 112 Å². The number of hydrogen-bond acceptors (Lipinski definition) is 7. The van der Waals surface area contributed by atoms with Crippen molar-refractivity contribution < 1.29 is 22.7 Å². The van der Waals surface area contributed by atoms with Crippen LogP contribution < -0.4 is 10.6 Å². The minimum atomic E-state index is -2.63. The SMILES string of the molecule is O=C(NC12CC(C1)C2)O[C@H]1CC[C@@H](c2cc(Nc3nccc4nc(CN5CC(F)(F)C5)cn34)n[nH]2)[C@@H]1F. The van der Waals surface area contributed by atoms with Crippen LogP contribution in [0.3, 0.4) is 0 Å². The molecule has 4 aliphatic carbocycles. The first-order valence-corrected chi connectivity index (χ1v) is 12.6. The van der Waals surface area contributed by atoms with Crippen molar-refractivity contribution in [3.05, 3.63) is 35.9 Å². The van der Waals surface area contributed by atoms with Gasteiger partial charge in [-0.1, -0.05) is 0 Å². The van der Waals surface area contributed by atoms with E-state index < -0.39 is 30.2 Å². The van der Waals surface area contributed by atoms with Crippen LogP contribution in [-0.2, 0) is 11.3 Å². The number of fused-ring (bicyclic) bond motifs is 1. The van der Waals surface area contributed by atoms with Crippen LogP contribution in [0.1, 0.15) is 49.4 Å². The normalized spacial score (nSPS) is 31.9. The molecule has 0 aromatic carbocycles. The summed E-state index contributed by atoms with van der Waals surface area (Å²) in [6, 6.07) is 3.45. The highest BCUT2D eigenvalue weighted by Gasteiger charge is 2.58. The summed E-state index contributed by atoms with van der Waals surface area (Å²) >= 11 is 0. The molecule has 196 valence electrons. The Morgan fingerprint density at radius 3 is 2.78 bits per heavy atom. The highest BCUT2D eigenvalue weighted by Crippen LogP contribution is 2.57. The van der Waals surface area contributed by atoms with Crippen molar-refractivity contribution in [2.45, 2.75) is 68.3 Å². The van der Waals surface area contributed by atoms with E-state index in [1.54, 1.807) is 33.8 Å². The molecule has 5 fully saturated rings. The number of alkyl halides is 3. The van der Waals surface area contributed by atoms with Gasteiger partial charge in [0.2, 0.25) is 5.95 Å². The fourth-order valence-corrected chi connectivity index (χ4v) is 6.18. The van der Waals surface area contributed by atoms with Gasteiger partial charge in [0.25, 0.3) is 5.92 Å². The molecule has 1 saturated heterocycles. The Balaban J connectivity index is 0.992.